The number of ketones is 2. The number of Topliss-reactive ketones (excluding diaryl/α,β-unsaturated/α-hetero) is 2. The van der Waals surface area contributed by atoms with E-state index in [2.05, 4.69) is 0 Å². The van der Waals surface area contributed by atoms with Crippen LogP contribution in [0, 0.1) is 0 Å². The smallest absolute Gasteiger partial charge is 0.159 e. The van der Waals surface area contributed by atoms with Crippen molar-refractivity contribution in [3.05, 3.63) is 35.4 Å². The molecule has 0 heterocycles. The van der Waals surface area contributed by atoms with Crippen molar-refractivity contribution in [2.45, 2.75) is 32.1 Å². The molecule has 1 aromatic rings. The Hall–Kier alpha value is -1.44. The van der Waals surface area contributed by atoms with Crippen LogP contribution in [0.15, 0.2) is 24.3 Å². The van der Waals surface area contributed by atoms with Gasteiger partial charge in [-0.25, -0.2) is 0 Å². The standard InChI is InChI=1S/C13H14O2/c1-9(14)10-2-4-11(5-3-10)12-6-7-13(15)8-12/h2-5,12H,6-8H2,1H3. The lowest BCUT2D eigenvalue weighted by molar-refractivity contribution is -0.117. The molecule has 78 valence electrons. The number of benzene rings is 1. The lowest BCUT2D eigenvalue weighted by Crippen LogP contribution is -1.96. The van der Waals surface area contributed by atoms with E-state index in [0.29, 0.717) is 24.5 Å². The maximum absolute atomic E-state index is 11.1. The summed E-state index contributed by atoms with van der Waals surface area (Å²) in [6.45, 7) is 1.56. The molecule has 1 aromatic carbocycles. The zero-order valence-electron chi connectivity index (χ0n) is 8.82. The molecule has 0 aromatic heterocycles. The Labute approximate surface area is 89.3 Å². The molecule has 0 amide bonds. The average Bonchev–Trinajstić information content (AvgIpc) is 2.65. The van der Waals surface area contributed by atoms with Crippen LogP contribution in [0.5, 0.6) is 0 Å². The molecule has 1 saturated carbocycles. The van der Waals surface area contributed by atoms with Crippen LogP contribution >= 0.6 is 0 Å². The minimum absolute atomic E-state index is 0.0871. The van der Waals surface area contributed by atoms with E-state index < -0.39 is 0 Å². The first-order chi connectivity index (χ1) is 7.16. The highest BCUT2D eigenvalue weighted by Crippen LogP contribution is 2.31. The predicted octanol–water partition coefficient (Wildman–Crippen LogP) is 2.73. The molecule has 0 N–H and O–H groups in total. The van der Waals surface area contributed by atoms with Crippen LogP contribution in [-0.4, -0.2) is 11.6 Å². The van der Waals surface area contributed by atoms with Gasteiger partial charge in [-0.15, -0.1) is 0 Å². The zero-order chi connectivity index (χ0) is 10.8. The zero-order valence-corrected chi connectivity index (χ0v) is 8.82. The topological polar surface area (TPSA) is 34.1 Å². The first kappa shape index (κ1) is 10.1. The Kier molecular flexibility index (Phi) is 2.67. The number of rotatable bonds is 2. The van der Waals surface area contributed by atoms with E-state index in [1.165, 1.54) is 5.56 Å². The van der Waals surface area contributed by atoms with E-state index in [1.54, 1.807) is 6.92 Å². The van der Waals surface area contributed by atoms with Crippen LogP contribution in [0.3, 0.4) is 0 Å². The molecule has 2 rings (SSSR count). The highest BCUT2D eigenvalue weighted by molar-refractivity contribution is 5.94. The number of hydrogen-bond acceptors (Lipinski definition) is 2. The molecule has 1 aliphatic rings. The Balaban J connectivity index is 2.17. The van der Waals surface area contributed by atoms with Gasteiger partial charge in [0.15, 0.2) is 5.78 Å². The Morgan fingerprint density at radius 2 is 1.93 bits per heavy atom. The quantitative estimate of drug-likeness (QED) is 0.691. The van der Waals surface area contributed by atoms with E-state index in [0.717, 1.165) is 12.0 Å². The van der Waals surface area contributed by atoms with Crippen molar-refractivity contribution in [3.8, 4) is 0 Å². The van der Waals surface area contributed by atoms with Gasteiger partial charge in [-0.05, 0) is 24.8 Å². The molecule has 1 fully saturated rings. The van der Waals surface area contributed by atoms with Crippen LogP contribution in [0.4, 0.5) is 0 Å². The van der Waals surface area contributed by atoms with E-state index >= 15 is 0 Å². The SMILES string of the molecule is CC(=O)c1ccc(C2CCC(=O)C2)cc1. The molecule has 15 heavy (non-hydrogen) atoms. The van der Waals surface area contributed by atoms with Crippen molar-refractivity contribution in [1.29, 1.82) is 0 Å². The Morgan fingerprint density at radius 3 is 2.40 bits per heavy atom. The third-order valence-electron chi connectivity index (χ3n) is 3.03. The van der Waals surface area contributed by atoms with Crippen LogP contribution in [0.2, 0.25) is 0 Å². The molecule has 2 heteroatoms. The molecular formula is C13H14O2. The first-order valence-corrected chi connectivity index (χ1v) is 5.29. The average molecular weight is 202 g/mol. The van der Waals surface area contributed by atoms with Gasteiger partial charge in [-0.1, -0.05) is 24.3 Å². The first-order valence-electron chi connectivity index (χ1n) is 5.29. The van der Waals surface area contributed by atoms with Crippen LogP contribution in [0.1, 0.15) is 48.0 Å². The molecule has 1 unspecified atom stereocenters. The maximum atomic E-state index is 11.1. The fraction of sp³-hybridized carbons (Fsp3) is 0.385. The van der Waals surface area contributed by atoms with Crippen molar-refractivity contribution in [3.63, 3.8) is 0 Å². The lowest BCUT2D eigenvalue weighted by Gasteiger charge is -2.08. The summed E-state index contributed by atoms with van der Waals surface area (Å²) in [6, 6.07) is 7.64. The molecule has 1 aliphatic carbocycles. The fourth-order valence-corrected chi connectivity index (χ4v) is 2.09. The summed E-state index contributed by atoms with van der Waals surface area (Å²) in [5, 5.41) is 0. The van der Waals surface area contributed by atoms with Gasteiger partial charge in [0.1, 0.15) is 5.78 Å². The maximum Gasteiger partial charge on any atom is 0.159 e. The van der Waals surface area contributed by atoms with Gasteiger partial charge < -0.3 is 0 Å². The van der Waals surface area contributed by atoms with Gasteiger partial charge in [-0.3, -0.25) is 9.59 Å². The number of carbonyl (C=O) groups excluding carboxylic acids is 2. The van der Waals surface area contributed by atoms with Crippen molar-refractivity contribution in [2.75, 3.05) is 0 Å². The van der Waals surface area contributed by atoms with Crippen LogP contribution in [0.25, 0.3) is 0 Å². The summed E-state index contributed by atoms with van der Waals surface area (Å²) in [5.41, 5.74) is 1.92. The van der Waals surface area contributed by atoms with Gasteiger partial charge in [-0.2, -0.15) is 0 Å². The summed E-state index contributed by atoms with van der Waals surface area (Å²) >= 11 is 0. The van der Waals surface area contributed by atoms with Gasteiger partial charge in [0, 0.05) is 18.4 Å². The van der Waals surface area contributed by atoms with Crippen molar-refractivity contribution in [1.82, 2.24) is 0 Å². The molecule has 2 nitrogen and oxygen atoms in total. The monoisotopic (exact) mass is 202 g/mol. The summed E-state index contributed by atoms with van der Waals surface area (Å²) in [4.78, 5) is 22.2. The van der Waals surface area contributed by atoms with Crippen LogP contribution < -0.4 is 0 Å². The fourth-order valence-electron chi connectivity index (χ4n) is 2.09. The van der Waals surface area contributed by atoms with E-state index in [9.17, 15) is 9.59 Å². The Morgan fingerprint density at radius 1 is 1.27 bits per heavy atom. The third-order valence-corrected chi connectivity index (χ3v) is 3.03. The summed E-state index contributed by atoms with van der Waals surface area (Å²) in [5.74, 6) is 0.818. The normalized spacial score (nSPS) is 20.6. The van der Waals surface area contributed by atoms with Crippen molar-refractivity contribution < 1.29 is 9.59 Å². The largest absolute Gasteiger partial charge is 0.300 e. The minimum atomic E-state index is 0.0871. The highest BCUT2D eigenvalue weighted by Gasteiger charge is 2.23. The summed E-state index contributed by atoms with van der Waals surface area (Å²) in [6.07, 6.45) is 2.33. The Bertz CT molecular complexity index is 390. The van der Waals surface area contributed by atoms with Crippen molar-refractivity contribution in [2.24, 2.45) is 0 Å². The van der Waals surface area contributed by atoms with E-state index in [-0.39, 0.29) is 5.78 Å². The lowest BCUT2D eigenvalue weighted by atomic mass is 9.96. The number of hydrogen-bond donors (Lipinski definition) is 0. The summed E-state index contributed by atoms with van der Waals surface area (Å²) < 4.78 is 0. The predicted molar refractivity (Wildman–Crippen MR) is 58.0 cm³/mol. The van der Waals surface area contributed by atoms with Gasteiger partial charge in [0.2, 0.25) is 0 Å². The van der Waals surface area contributed by atoms with Gasteiger partial charge in [0.25, 0.3) is 0 Å². The van der Waals surface area contributed by atoms with Crippen LogP contribution in [-0.2, 0) is 4.79 Å². The second-order valence-corrected chi connectivity index (χ2v) is 4.16. The molecule has 0 radical (unpaired) electrons. The molecule has 0 bridgehead atoms. The van der Waals surface area contributed by atoms with E-state index in [4.69, 9.17) is 0 Å². The van der Waals surface area contributed by atoms with E-state index in [1.807, 2.05) is 24.3 Å². The second-order valence-electron chi connectivity index (χ2n) is 4.16. The molecule has 0 aliphatic heterocycles. The minimum Gasteiger partial charge on any atom is -0.300 e. The van der Waals surface area contributed by atoms with Crippen molar-refractivity contribution >= 4 is 11.6 Å². The molecule has 1 atom stereocenters. The molecule has 0 saturated heterocycles. The summed E-state index contributed by atoms with van der Waals surface area (Å²) in [7, 11) is 0. The molecule has 0 spiro atoms. The second kappa shape index (κ2) is 3.97. The third kappa shape index (κ3) is 2.14. The molecular weight excluding hydrogens is 188 g/mol. The van der Waals surface area contributed by atoms with Gasteiger partial charge in [0.05, 0.1) is 0 Å². The van der Waals surface area contributed by atoms with Gasteiger partial charge >= 0.3 is 0 Å². The highest BCUT2D eigenvalue weighted by atomic mass is 16.1. The number of carbonyl (C=O) groups is 2.